The standard InChI is InChI=1S/C15H8Cl2INO/c16-12-2-1-3-13(17)14(12)11(8-19)15(20)9-4-6-10(18)7-5-9/h1-7,11H. The first kappa shape index (κ1) is 15.3. The van der Waals surface area contributed by atoms with Crippen LogP contribution in [0.4, 0.5) is 0 Å². The van der Waals surface area contributed by atoms with Crippen LogP contribution in [0.3, 0.4) is 0 Å². The van der Waals surface area contributed by atoms with Gasteiger partial charge in [0.05, 0.1) is 6.07 Å². The van der Waals surface area contributed by atoms with Crippen LogP contribution in [0.1, 0.15) is 21.8 Å². The van der Waals surface area contributed by atoms with E-state index in [1.165, 1.54) is 0 Å². The number of benzene rings is 2. The van der Waals surface area contributed by atoms with Crippen molar-refractivity contribution in [2.45, 2.75) is 5.92 Å². The summed E-state index contributed by atoms with van der Waals surface area (Å²) >= 11 is 14.3. The largest absolute Gasteiger partial charge is 0.292 e. The molecule has 0 saturated carbocycles. The second-order valence-corrected chi connectivity index (χ2v) is 6.13. The number of nitriles is 1. The molecular formula is C15H8Cl2INO. The molecule has 2 rings (SSSR count). The van der Waals surface area contributed by atoms with E-state index in [2.05, 4.69) is 22.6 Å². The second-order valence-electron chi connectivity index (χ2n) is 4.07. The zero-order valence-corrected chi connectivity index (χ0v) is 13.8. The van der Waals surface area contributed by atoms with Crippen molar-refractivity contribution in [1.82, 2.24) is 0 Å². The summed E-state index contributed by atoms with van der Waals surface area (Å²) in [5.41, 5.74) is 0.829. The van der Waals surface area contributed by atoms with Crippen molar-refractivity contribution >= 4 is 51.6 Å². The van der Waals surface area contributed by atoms with Crippen molar-refractivity contribution in [3.63, 3.8) is 0 Å². The smallest absolute Gasteiger partial charge is 0.184 e. The normalized spacial score (nSPS) is 11.7. The van der Waals surface area contributed by atoms with Gasteiger partial charge in [-0.1, -0.05) is 41.4 Å². The van der Waals surface area contributed by atoms with Gasteiger partial charge >= 0.3 is 0 Å². The average molecular weight is 416 g/mol. The fourth-order valence-corrected chi connectivity index (χ4v) is 2.80. The Kier molecular flexibility index (Phi) is 5.03. The van der Waals surface area contributed by atoms with E-state index in [-0.39, 0.29) is 5.78 Å². The van der Waals surface area contributed by atoms with E-state index in [1.807, 2.05) is 18.2 Å². The molecule has 0 N–H and O–H groups in total. The molecule has 0 radical (unpaired) electrons. The highest BCUT2D eigenvalue weighted by Gasteiger charge is 2.26. The first-order valence-electron chi connectivity index (χ1n) is 5.68. The summed E-state index contributed by atoms with van der Waals surface area (Å²) in [7, 11) is 0. The molecule has 0 aliphatic heterocycles. The molecule has 0 heterocycles. The van der Waals surface area contributed by atoms with Gasteiger partial charge < -0.3 is 0 Å². The van der Waals surface area contributed by atoms with Crippen molar-refractivity contribution < 1.29 is 4.79 Å². The van der Waals surface area contributed by atoms with Crippen LogP contribution in [-0.2, 0) is 0 Å². The van der Waals surface area contributed by atoms with Gasteiger partial charge in [0.1, 0.15) is 5.92 Å². The molecule has 0 saturated heterocycles. The van der Waals surface area contributed by atoms with Gasteiger partial charge in [0.15, 0.2) is 5.78 Å². The fraction of sp³-hybridized carbons (Fsp3) is 0.0667. The van der Waals surface area contributed by atoms with Gasteiger partial charge in [0.2, 0.25) is 0 Å². The third-order valence-corrected chi connectivity index (χ3v) is 4.19. The number of hydrogen-bond acceptors (Lipinski definition) is 2. The molecule has 20 heavy (non-hydrogen) atoms. The summed E-state index contributed by atoms with van der Waals surface area (Å²) in [6.45, 7) is 0. The van der Waals surface area contributed by atoms with Crippen LogP contribution >= 0.6 is 45.8 Å². The number of ketones is 1. The van der Waals surface area contributed by atoms with Gasteiger partial charge in [0.25, 0.3) is 0 Å². The number of Topliss-reactive ketones (excluding diaryl/α,β-unsaturated/α-hetero) is 1. The highest BCUT2D eigenvalue weighted by molar-refractivity contribution is 14.1. The lowest BCUT2D eigenvalue weighted by molar-refractivity contribution is 0.0979. The van der Waals surface area contributed by atoms with E-state index in [1.54, 1.807) is 30.3 Å². The quantitative estimate of drug-likeness (QED) is 0.517. The van der Waals surface area contributed by atoms with E-state index >= 15 is 0 Å². The SMILES string of the molecule is N#CC(C(=O)c1ccc(I)cc1)c1c(Cl)cccc1Cl. The van der Waals surface area contributed by atoms with Crippen LogP contribution in [0.2, 0.25) is 10.0 Å². The van der Waals surface area contributed by atoms with Gasteiger partial charge in [-0.2, -0.15) is 5.26 Å². The number of halogens is 3. The van der Waals surface area contributed by atoms with Crippen LogP contribution in [-0.4, -0.2) is 5.78 Å². The van der Waals surface area contributed by atoms with Crippen molar-refractivity contribution in [1.29, 1.82) is 5.26 Å². The minimum atomic E-state index is -1.00. The molecule has 2 aromatic rings. The van der Waals surface area contributed by atoms with E-state index in [0.717, 1.165) is 3.57 Å². The first-order chi connectivity index (χ1) is 9.54. The number of carbonyl (C=O) groups is 1. The summed E-state index contributed by atoms with van der Waals surface area (Å²) in [5, 5.41) is 9.97. The molecule has 0 amide bonds. The number of rotatable bonds is 3. The van der Waals surface area contributed by atoms with Crippen LogP contribution in [0.15, 0.2) is 42.5 Å². The summed E-state index contributed by atoms with van der Waals surface area (Å²) in [5.74, 6) is -1.31. The highest BCUT2D eigenvalue weighted by Crippen LogP contribution is 2.33. The van der Waals surface area contributed by atoms with E-state index in [0.29, 0.717) is 21.2 Å². The highest BCUT2D eigenvalue weighted by atomic mass is 127. The van der Waals surface area contributed by atoms with Crippen LogP contribution < -0.4 is 0 Å². The minimum Gasteiger partial charge on any atom is -0.292 e. The molecule has 2 aromatic carbocycles. The molecular weight excluding hydrogens is 408 g/mol. The van der Waals surface area contributed by atoms with Gasteiger partial charge in [-0.15, -0.1) is 0 Å². The van der Waals surface area contributed by atoms with Gasteiger partial charge in [0, 0.05) is 24.7 Å². The maximum absolute atomic E-state index is 12.4. The average Bonchev–Trinajstić information content (AvgIpc) is 2.43. The summed E-state index contributed by atoms with van der Waals surface area (Å²) in [4.78, 5) is 12.4. The van der Waals surface area contributed by atoms with Gasteiger partial charge in [-0.25, -0.2) is 0 Å². The topological polar surface area (TPSA) is 40.9 Å². The first-order valence-corrected chi connectivity index (χ1v) is 7.51. The molecule has 0 aliphatic rings. The minimum absolute atomic E-state index is 0.307. The summed E-state index contributed by atoms with van der Waals surface area (Å²) < 4.78 is 1.02. The molecule has 100 valence electrons. The van der Waals surface area contributed by atoms with Crippen molar-refractivity contribution in [3.05, 3.63) is 67.2 Å². The maximum atomic E-state index is 12.4. The molecule has 1 unspecified atom stereocenters. The lowest BCUT2D eigenvalue weighted by Crippen LogP contribution is -2.12. The molecule has 2 nitrogen and oxygen atoms in total. The number of carbonyl (C=O) groups excluding carboxylic acids is 1. The zero-order valence-electron chi connectivity index (χ0n) is 10.1. The Morgan fingerprint density at radius 2 is 1.65 bits per heavy atom. The Morgan fingerprint density at radius 1 is 1.10 bits per heavy atom. The molecule has 0 fully saturated rings. The van der Waals surface area contributed by atoms with Gasteiger partial charge in [-0.3, -0.25) is 4.79 Å². The third-order valence-electron chi connectivity index (χ3n) is 2.81. The predicted molar refractivity (Wildman–Crippen MR) is 88.3 cm³/mol. The van der Waals surface area contributed by atoms with Crippen LogP contribution in [0.5, 0.6) is 0 Å². The Labute approximate surface area is 140 Å². The predicted octanol–water partition coefficient (Wildman–Crippen LogP) is 5.09. The second kappa shape index (κ2) is 6.57. The molecule has 0 spiro atoms. The van der Waals surface area contributed by atoms with E-state index in [9.17, 15) is 10.1 Å². The van der Waals surface area contributed by atoms with Crippen molar-refractivity contribution in [2.75, 3.05) is 0 Å². The van der Waals surface area contributed by atoms with Crippen LogP contribution in [0.25, 0.3) is 0 Å². The number of hydrogen-bond donors (Lipinski definition) is 0. The lowest BCUT2D eigenvalue weighted by Gasteiger charge is -2.12. The van der Waals surface area contributed by atoms with Crippen molar-refractivity contribution in [2.24, 2.45) is 0 Å². The van der Waals surface area contributed by atoms with E-state index in [4.69, 9.17) is 23.2 Å². The Hall–Kier alpha value is -1.09. The zero-order chi connectivity index (χ0) is 14.7. The Morgan fingerprint density at radius 3 is 2.15 bits per heavy atom. The third kappa shape index (κ3) is 3.14. The summed E-state index contributed by atoms with van der Waals surface area (Å²) in [6.07, 6.45) is 0. The maximum Gasteiger partial charge on any atom is 0.184 e. The lowest BCUT2D eigenvalue weighted by atomic mass is 9.92. The molecule has 0 aliphatic carbocycles. The molecule has 0 aromatic heterocycles. The summed E-state index contributed by atoms with van der Waals surface area (Å²) in [6, 6.07) is 13.9. The van der Waals surface area contributed by atoms with E-state index < -0.39 is 5.92 Å². The monoisotopic (exact) mass is 415 g/mol. The van der Waals surface area contributed by atoms with Gasteiger partial charge in [-0.05, 0) is 46.9 Å². The molecule has 0 bridgehead atoms. The Bertz CT molecular complexity index is 672. The molecule has 5 heteroatoms. The number of nitrogens with zero attached hydrogens (tertiary/aromatic N) is 1. The Balaban J connectivity index is 2.46. The van der Waals surface area contributed by atoms with Crippen molar-refractivity contribution in [3.8, 4) is 6.07 Å². The van der Waals surface area contributed by atoms with Crippen LogP contribution in [0, 0.1) is 14.9 Å². The fourth-order valence-electron chi connectivity index (χ4n) is 1.82. The molecule has 1 atom stereocenters.